The average molecular weight is 335 g/mol. The smallest absolute Gasteiger partial charge is 0.161 e. The Kier molecular flexibility index (Phi) is 4.09. The van der Waals surface area contributed by atoms with E-state index in [2.05, 4.69) is 13.8 Å². The predicted octanol–water partition coefficient (Wildman–Crippen LogP) is 2.87. The first kappa shape index (κ1) is 17.0. The number of ether oxygens (including phenoxy) is 1. The van der Waals surface area contributed by atoms with Crippen molar-refractivity contribution in [2.45, 2.75) is 77.4 Å². The van der Waals surface area contributed by atoms with E-state index in [9.17, 15) is 9.90 Å². The van der Waals surface area contributed by atoms with E-state index in [0.29, 0.717) is 30.1 Å². The molecule has 4 aliphatic carbocycles. The molecule has 0 bridgehead atoms. The maximum Gasteiger partial charge on any atom is 0.161 e. The molecular formula is C20H33NO3. The van der Waals surface area contributed by atoms with Crippen LogP contribution >= 0.6 is 0 Å². The third-order valence-electron chi connectivity index (χ3n) is 8.74. The molecular weight excluding hydrogens is 302 g/mol. The van der Waals surface area contributed by atoms with Crippen LogP contribution in [-0.4, -0.2) is 29.8 Å². The Labute approximate surface area is 145 Å². The lowest BCUT2D eigenvalue weighted by atomic mass is 9.45. The number of fused-ring (bicyclic) bond motifs is 5. The van der Waals surface area contributed by atoms with Gasteiger partial charge in [-0.05, 0) is 79.4 Å². The second-order valence-corrected chi connectivity index (χ2v) is 9.49. The summed E-state index contributed by atoms with van der Waals surface area (Å²) in [5.41, 5.74) is 5.89. The quantitative estimate of drug-likeness (QED) is 0.761. The zero-order chi connectivity index (χ0) is 17.1. The lowest BCUT2D eigenvalue weighted by molar-refractivity contribution is -0.163. The second-order valence-electron chi connectivity index (χ2n) is 9.49. The van der Waals surface area contributed by atoms with E-state index in [1.54, 1.807) is 0 Å². The van der Waals surface area contributed by atoms with Crippen LogP contribution in [0.25, 0.3) is 0 Å². The highest BCUT2D eigenvalue weighted by atomic mass is 16.5. The van der Waals surface area contributed by atoms with Gasteiger partial charge in [0.1, 0.15) is 6.10 Å². The molecule has 24 heavy (non-hydrogen) atoms. The Morgan fingerprint density at radius 1 is 1.12 bits per heavy atom. The fourth-order valence-electron chi connectivity index (χ4n) is 7.32. The number of rotatable bonds is 2. The van der Waals surface area contributed by atoms with E-state index < -0.39 is 0 Å². The molecule has 4 fully saturated rings. The lowest BCUT2D eigenvalue weighted by Crippen LogP contribution is -2.56. The SMILES string of the molecule is C[C@]12CC[C@H]3[C@@H](CCC4CC(=O)C(OCN)C[C@@]43C)[C@@H]1CC[C@@H]2O. The number of aliphatic hydroxyl groups is 1. The van der Waals surface area contributed by atoms with Crippen molar-refractivity contribution in [3.05, 3.63) is 0 Å². The van der Waals surface area contributed by atoms with Gasteiger partial charge in [0, 0.05) is 6.42 Å². The lowest BCUT2D eigenvalue weighted by Gasteiger charge is -2.60. The molecule has 0 radical (unpaired) electrons. The molecule has 3 N–H and O–H groups in total. The van der Waals surface area contributed by atoms with Crippen molar-refractivity contribution in [1.29, 1.82) is 0 Å². The topological polar surface area (TPSA) is 72.5 Å². The highest BCUT2D eigenvalue weighted by Gasteiger charge is 2.61. The Balaban J connectivity index is 1.61. The molecule has 4 rings (SSSR count). The Hall–Kier alpha value is -0.450. The number of carbonyl (C=O) groups is 1. The minimum Gasteiger partial charge on any atom is -0.393 e. The normalized spacial score (nSPS) is 54.1. The molecule has 0 aliphatic heterocycles. The summed E-state index contributed by atoms with van der Waals surface area (Å²) in [7, 11) is 0. The second kappa shape index (κ2) is 5.78. The highest BCUT2D eigenvalue weighted by molar-refractivity contribution is 5.84. The summed E-state index contributed by atoms with van der Waals surface area (Å²) in [4.78, 5) is 12.4. The van der Waals surface area contributed by atoms with Gasteiger partial charge in [-0.2, -0.15) is 0 Å². The molecule has 0 spiro atoms. The van der Waals surface area contributed by atoms with Gasteiger partial charge in [0.25, 0.3) is 0 Å². The number of hydrogen-bond acceptors (Lipinski definition) is 4. The predicted molar refractivity (Wildman–Crippen MR) is 92.1 cm³/mol. The molecule has 0 aromatic rings. The van der Waals surface area contributed by atoms with Crippen LogP contribution in [0.2, 0.25) is 0 Å². The third-order valence-corrected chi connectivity index (χ3v) is 8.74. The zero-order valence-electron chi connectivity index (χ0n) is 15.2. The van der Waals surface area contributed by atoms with E-state index in [1.807, 2.05) is 0 Å². The minimum absolute atomic E-state index is 0.116. The summed E-state index contributed by atoms with van der Waals surface area (Å²) in [5, 5.41) is 10.5. The number of nitrogens with two attached hydrogens (primary N) is 1. The van der Waals surface area contributed by atoms with Gasteiger partial charge in [-0.3, -0.25) is 4.79 Å². The molecule has 0 aromatic heterocycles. The van der Waals surface area contributed by atoms with E-state index in [-0.39, 0.29) is 35.6 Å². The Bertz CT molecular complexity index is 523. The van der Waals surface area contributed by atoms with Crippen molar-refractivity contribution >= 4 is 5.78 Å². The summed E-state index contributed by atoms with van der Waals surface area (Å²) in [6.07, 6.45) is 8.02. The van der Waals surface area contributed by atoms with Crippen molar-refractivity contribution in [3.8, 4) is 0 Å². The highest BCUT2D eigenvalue weighted by Crippen LogP contribution is 2.66. The largest absolute Gasteiger partial charge is 0.393 e. The van der Waals surface area contributed by atoms with E-state index in [4.69, 9.17) is 10.5 Å². The number of Topliss-reactive ketones (excluding diaryl/α,β-unsaturated/α-hetero) is 1. The molecule has 0 aromatic carbocycles. The van der Waals surface area contributed by atoms with Crippen molar-refractivity contribution in [1.82, 2.24) is 0 Å². The standard InChI is InChI=1S/C20H33NO3/c1-19-8-7-15-13(14(19)5-6-18(19)23)4-3-12-9-16(22)17(24-11-21)10-20(12,15)2/h12-15,17-18,23H,3-11,21H2,1-2H3/t12?,13-,14-,15-,17?,18-,19-,20-/m0/s1. The van der Waals surface area contributed by atoms with Gasteiger partial charge in [0.15, 0.2) is 5.78 Å². The van der Waals surface area contributed by atoms with Crippen LogP contribution in [0.1, 0.15) is 65.2 Å². The van der Waals surface area contributed by atoms with E-state index in [0.717, 1.165) is 19.3 Å². The average Bonchev–Trinajstić information content (AvgIpc) is 2.85. The van der Waals surface area contributed by atoms with Crippen LogP contribution in [0.4, 0.5) is 0 Å². The molecule has 0 amide bonds. The molecule has 0 saturated heterocycles. The zero-order valence-corrected chi connectivity index (χ0v) is 15.2. The van der Waals surface area contributed by atoms with Crippen LogP contribution in [-0.2, 0) is 9.53 Å². The van der Waals surface area contributed by atoms with Crippen molar-refractivity contribution in [3.63, 3.8) is 0 Å². The van der Waals surface area contributed by atoms with Crippen LogP contribution in [0, 0.1) is 34.5 Å². The summed E-state index contributed by atoms with van der Waals surface area (Å²) in [6.45, 7) is 4.88. The first-order chi connectivity index (χ1) is 11.4. The fraction of sp³-hybridized carbons (Fsp3) is 0.950. The van der Waals surface area contributed by atoms with Gasteiger partial charge < -0.3 is 15.6 Å². The van der Waals surface area contributed by atoms with Crippen molar-refractivity contribution in [2.24, 2.45) is 40.2 Å². The first-order valence-corrected chi connectivity index (χ1v) is 9.92. The van der Waals surface area contributed by atoms with E-state index in [1.165, 1.54) is 25.7 Å². The molecule has 0 heterocycles. The number of hydrogen-bond donors (Lipinski definition) is 2. The maximum atomic E-state index is 12.4. The molecule has 2 unspecified atom stereocenters. The summed E-state index contributed by atoms with van der Waals surface area (Å²) in [6, 6.07) is 0. The van der Waals surface area contributed by atoms with Gasteiger partial charge in [0.05, 0.1) is 12.8 Å². The summed E-state index contributed by atoms with van der Waals surface area (Å²) in [5.74, 6) is 2.83. The Morgan fingerprint density at radius 2 is 1.88 bits per heavy atom. The van der Waals surface area contributed by atoms with Gasteiger partial charge >= 0.3 is 0 Å². The summed E-state index contributed by atoms with van der Waals surface area (Å²) >= 11 is 0. The van der Waals surface area contributed by atoms with Gasteiger partial charge in [0.2, 0.25) is 0 Å². The van der Waals surface area contributed by atoms with Gasteiger partial charge in [-0.15, -0.1) is 0 Å². The van der Waals surface area contributed by atoms with Crippen molar-refractivity contribution in [2.75, 3.05) is 6.73 Å². The molecule has 136 valence electrons. The van der Waals surface area contributed by atoms with E-state index >= 15 is 0 Å². The molecule has 4 saturated carbocycles. The number of ketones is 1. The van der Waals surface area contributed by atoms with Crippen molar-refractivity contribution < 1.29 is 14.6 Å². The molecule has 4 aliphatic rings. The fourth-order valence-corrected chi connectivity index (χ4v) is 7.32. The monoisotopic (exact) mass is 335 g/mol. The van der Waals surface area contributed by atoms with Crippen LogP contribution < -0.4 is 5.73 Å². The molecule has 4 heteroatoms. The van der Waals surface area contributed by atoms with Crippen LogP contribution in [0.15, 0.2) is 0 Å². The summed E-state index contributed by atoms with van der Waals surface area (Å²) < 4.78 is 5.60. The molecule has 8 atom stereocenters. The Morgan fingerprint density at radius 3 is 2.62 bits per heavy atom. The minimum atomic E-state index is -0.294. The maximum absolute atomic E-state index is 12.4. The third kappa shape index (κ3) is 2.25. The van der Waals surface area contributed by atoms with Crippen LogP contribution in [0.5, 0.6) is 0 Å². The van der Waals surface area contributed by atoms with Gasteiger partial charge in [-0.25, -0.2) is 0 Å². The first-order valence-electron chi connectivity index (χ1n) is 9.92. The van der Waals surface area contributed by atoms with Crippen LogP contribution in [0.3, 0.4) is 0 Å². The number of aliphatic hydroxyl groups excluding tert-OH is 1. The van der Waals surface area contributed by atoms with Gasteiger partial charge in [-0.1, -0.05) is 13.8 Å². The number of carbonyl (C=O) groups excluding carboxylic acids is 1. The molecule has 4 nitrogen and oxygen atoms in total.